The first kappa shape index (κ1) is 23.8. The minimum atomic E-state index is -0.360. The van der Waals surface area contributed by atoms with Crippen LogP contribution in [0.1, 0.15) is 45.4 Å². The van der Waals surface area contributed by atoms with Gasteiger partial charge in [0.05, 0.1) is 41.0 Å². The van der Waals surface area contributed by atoms with Crippen molar-refractivity contribution in [2.24, 2.45) is 5.92 Å². The van der Waals surface area contributed by atoms with E-state index in [2.05, 4.69) is 39.5 Å². The highest BCUT2D eigenvalue weighted by molar-refractivity contribution is 9.10. The number of rotatable bonds is 6. The molecule has 180 valence electrons. The van der Waals surface area contributed by atoms with Gasteiger partial charge in [0.15, 0.2) is 11.5 Å². The number of fused-ring (bicyclic) bond motifs is 3. The molecule has 5 rings (SSSR count). The number of carbonyl (C=O) groups excluding carboxylic acids is 1. The van der Waals surface area contributed by atoms with Gasteiger partial charge < -0.3 is 19.5 Å². The summed E-state index contributed by atoms with van der Waals surface area (Å²) in [5, 5.41) is 4.21. The van der Waals surface area contributed by atoms with Crippen LogP contribution in [0, 0.1) is 5.92 Å². The lowest BCUT2D eigenvalue weighted by Gasteiger charge is -2.39. The normalized spacial score (nSPS) is 19.9. The fourth-order valence-electron chi connectivity index (χ4n) is 5.08. The molecule has 0 aromatic heterocycles. The highest BCUT2D eigenvalue weighted by atomic mass is 79.9. The van der Waals surface area contributed by atoms with Crippen LogP contribution in [0.5, 0.6) is 11.5 Å². The molecule has 1 heterocycles. The molecule has 5 nitrogen and oxygen atoms in total. The van der Waals surface area contributed by atoms with Gasteiger partial charge >= 0.3 is 5.97 Å². The van der Waals surface area contributed by atoms with E-state index in [0.717, 1.165) is 33.3 Å². The monoisotopic (exact) mass is 553 g/mol. The number of nitrogens with one attached hydrogen (secondary N) is 1. The second-order valence-corrected chi connectivity index (χ2v) is 9.92. The van der Waals surface area contributed by atoms with Crippen LogP contribution >= 0.6 is 27.5 Å². The minimum Gasteiger partial charge on any atom is -0.493 e. The summed E-state index contributed by atoms with van der Waals surface area (Å²) in [4.78, 5) is 12.5. The molecule has 3 aromatic rings. The summed E-state index contributed by atoms with van der Waals surface area (Å²) in [7, 11) is 3.04. The smallest absolute Gasteiger partial charge is 0.338 e. The predicted molar refractivity (Wildman–Crippen MR) is 141 cm³/mol. The average molecular weight is 555 g/mol. The molecule has 1 aliphatic heterocycles. The third kappa shape index (κ3) is 4.41. The zero-order chi connectivity index (χ0) is 24.5. The first-order chi connectivity index (χ1) is 17.0. The van der Waals surface area contributed by atoms with Crippen LogP contribution in [0.15, 0.2) is 71.2 Å². The second kappa shape index (κ2) is 9.96. The van der Waals surface area contributed by atoms with Crippen molar-refractivity contribution in [3.63, 3.8) is 0 Å². The van der Waals surface area contributed by atoms with Crippen LogP contribution in [0.25, 0.3) is 0 Å². The highest BCUT2D eigenvalue weighted by Crippen LogP contribution is 2.54. The Morgan fingerprint density at radius 2 is 1.94 bits per heavy atom. The van der Waals surface area contributed by atoms with Gasteiger partial charge in [-0.05, 0) is 69.2 Å². The van der Waals surface area contributed by atoms with Crippen LogP contribution in [0.2, 0.25) is 5.02 Å². The number of benzene rings is 3. The van der Waals surface area contributed by atoms with Gasteiger partial charge in [0.25, 0.3) is 0 Å². The van der Waals surface area contributed by atoms with E-state index < -0.39 is 0 Å². The standard InChI is InChI=1S/C28H25BrClNO4/c1-33-23-14-17(13-21(29)27(23)35-15-16-7-4-3-5-8-16)25-19-10-6-9-18(19)24-20(28(32)34-2)11-12-22(30)26(24)31-25/h3-9,11-14,18-19,25,31H,10,15H2,1-2H3/t18-,19-,25+/m1/s1. The average Bonchev–Trinajstić information content (AvgIpc) is 3.38. The second-order valence-electron chi connectivity index (χ2n) is 8.66. The van der Waals surface area contributed by atoms with Crippen molar-refractivity contribution >= 4 is 39.2 Å². The number of ether oxygens (including phenoxy) is 3. The number of halogens is 2. The van der Waals surface area contributed by atoms with Crippen molar-refractivity contribution in [2.45, 2.75) is 25.0 Å². The van der Waals surface area contributed by atoms with Crippen molar-refractivity contribution < 1.29 is 19.0 Å². The van der Waals surface area contributed by atoms with E-state index in [0.29, 0.717) is 28.7 Å². The van der Waals surface area contributed by atoms with Crippen molar-refractivity contribution in [3.05, 3.63) is 98.5 Å². The summed E-state index contributed by atoms with van der Waals surface area (Å²) >= 11 is 10.3. The summed E-state index contributed by atoms with van der Waals surface area (Å²) < 4.78 is 17.7. The molecule has 0 amide bonds. The molecule has 3 atom stereocenters. The number of methoxy groups -OCH3 is 2. The van der Waals surface area contributed by atoms with E-state index in [-0.39, 0.29) is 23.8 Å². The van der Waals surface area contributed by atoms with E-state index in [4.69, 9.17) is 25.8 Å². The van der Waals surface area contributed by atoms with Crippen LogP contribution in [-0.2, 0) is 11.3 Å². The SMILES string of the molecule is COC(=O)c1ccc(Cl)c2c1[C@@H]1C=CC[C@H]1[C@H](c1cc(Br)c(OCc3ccccc3)c(OC)c1)N2. The maximum atomic E-state index is 12.5. The van der Waals surface area contributed by atoms with Crippen molar-refractivity contribution in [1.29, 1.82) is 0 Å². The Balaban J connectivity index is 1.51. The number of hydrogen-bond donors (Lipinski definition) is 1. The third-order valence-corrected chi connectivity index (χ3v) is 7.62. The fourth-order valence-corrected chi connectivity index (χ4v) is 5.87. The molecule has 1 N–H and O–H groups in total. The van der Waals surface area contributed by atoms with E-state index in [1.165, 1.54) is 7.11 Å². The van der Waals surface area contributed by atoms with Gasteiger partial charge in [0.2, 0.25) is 0 Å². The summed E-state index contributed by atoms with van der Waals surface area (Å²) in [6, 6.07) is 17.5. The van der Waals surface area contributed by atoms with Gasteiger partial charge in [-0.3, -0.25) is 0 Å². The largest absolute Gasteiger partial charge is 0.493 e. The van der Waals surface area contributed by atoms with Crippen LogP contribution in [0.4, 0.5) is 5.69 Å². The fraction of sp³-hybridized carbons (Fsp3) is 0.250. The van der Waals surface area contributed by atoms with E-state index in [1.807, 2.05) is 36.4 Å². The number of hydrogen-bond acceptors (Lipinski definition) is 5. The molecule has 2 aliphatic rings. The van der Waals surface area contributed by atoms with Gasteiger partial charge in [-0.1, -0.05) is 54.1 Å². The summed E-state index contributed by atoms with van der Waals surface area (Å²) in [6.45, 7) is 0.435. The molecule has 1 aliphatic carbocycles. The Labute approximate surface area is 218 Å². The lowest BCUT2D eigenvalue weighted by atomic mass is 9.75. The van der Waals surface area contributed by atoms with Crippen LogP contribution < -0.4 is 14.8 Å². The van der Waals surface area contributed by atoms with Gasteiger partial charge in [-0.15, -0.1) is 0 Å². The quantitative estimate of drug-likeness (QED) is 0.256. The van der Waals surface area contributed by atoms with E-state index in [1.54, 1.807) is 19.2 Å². The maximum Gasteiger partial charge on any atom is 0.338 e. The van der Waals surface area contributed by atoms with Gasteiger partial charge in [-0.25, -0.2) is 4.79 Å². The van der Waals surface area contributed by atoms with Crippen molar-refractivity contribution in [1.82, 2.24) is 0 Å². The van der Waals surface area contributed by atoms with Crippen molar-refractivity contribution in [3.8, 4) is 11.5 Å². The number of anilines is 1. The zero-order valence-corrected chi connectivity index (χ0v) is 21.7. The lowest BCUT2D eigenvalue weighted by Crippen LogP contribution is -2.31. The zero-order valence-electron chi connectivity index (χ0n) is 19.4. The molecule has 3 aromatic carbocycles. The molecule has 35 heavy (non-hydrogen) atoms. The molecular formula is C28H25BrClNO4. The molecule has 0 radical (unpaired) electrons. The van der Waals surface area contributed by atoms with Crippen LogP contribution in [0.3, 0.4) is 0 Å². The Morgan fingerprint density at radius 1 is 1.14 bits per heavy atom. The van der Waals surface area contributed by atoms with Gasteiger partial charge in [0, 0.05) is 5.92 Å². The van der Waals surface area contributed by atoms with Crippen LogP contribution in [-0.4, -0.2) is 20.2 Å². The lowest BCUT2D eigenvalue weighted by molar-refractivity contribution is 0.0598. The summed E-state index contributed by atoms with van der Waals surface area (Å²) in [5.41, 5.74) is 4.33. The molecule has 7 heteroatoms. The number of carbonyl (C=O) groups is 1. The Morgan fingerprint density at radius 3 is 2.69 bits per heavy atom. The summed E-state index contributed by atoms with van der Waals surface area (Å²) in [6.07, 6.45) is 5.22. The molecule has 0 spiro atoms. The Hall–Kier alpha value is -2.96. The van der Waals surface area contributed by atoms with Crippen molar-refractivity contribution in [2.75, 3.05) is 19.5 Å². The van der Waals surface area contributed by atoms with Gasteiger partial charge in [-0.2, -0.15) is 0 Å². The Bertz CT molecular complexity index is 1290. The minimum absolute atomic E-state index is 0.0405. The topological polar surface area (TPSA) is 56.8 Å². The molecule has 0 saturated carbocycles. The Kier molecular flexibility index (Phi) is 6.76. The maximum absolute atomic E-state index is 12.5. The first-order valence-electron chi connectivity index (χ1n) is 11.4. The first-order valence-corrected chi connectivity index (χ1v) is 12.6. The number of esters is 1. The molecule has 0 saturated heterocycles. The van der Waals surface area contributed by atoms with Gasteiger partial charge in [0.1, 0.15) is 6.61 Å². The summed E-state index contributed by atoms with van der Waals surface area (Å²) in [5.74, 6) is 1.19. The van der Waals surface area contributed by atoms with E-state index in [9.17, 15) is 4.79 Å². The highest BCUT2D eigenvalue weighted by Gasteiger charge is 2.41. The molecule has 0 bridgehead atoms. The molecular weight excluding hydrogens is 530 g/mol. The molecule has 0 unspecified atom stereocenters. The molecule has 0 fully saturated rings. The predicted octanol–water partition coefficient (Wildman–Crippen LogP) is 7.30. The number of allylic oxidation sites excluding steroid dienone is 2. The third-order valence-electron chi connectivity index (χ3n) is 6.71. The van der Waals surface area contributed by atoms with E-state index >= 15 is 0 Å².